The first-order chi connectivity index (χ1) is 10.3. The van der Waals surface area contributed by atoms with E-state index in [0.29, 0.717) is 5.82 Å². The van der Waals surface area contributed by atoms with E-state index in [0.717, 1.165) is 32.9 Å². The van der Waals surface area contributed by atoms with Crippen molar-refractivity contribution in [2.24, 2.45) is 21.1 Å². The first kappa shape index (κ1) is 15.7. The Morgan fingerprint density at radius 2 is 1.86 bits per heavy atom. The molecule has 2 aromatic heterocycles. The maximum atomic E-state index is 12.4. The molecule has 0 unspecified atom stereocenters. The predicted octanol–water partition coefficient (Wildman–Crippen LogP) is -0.0594. The minimum absolute atomic E-state index is 0.00625. The summed E-state index contributed by atoms with van der Waals surface area (Å²) in [5.74, 6) is 0.0287. The van der Waals surface area contributed by atoms with E-state index >= 15 is 0 Å². The zero-order chi connectivity index (χ0) is 16.6. The highest BCUT2D eigenvalue weighted by atomic mass is 16.2. The summed E-state index contributed by atoms with van der Waals surface area (Å²) in [6.45, 7) is 3.84. The number of rotatable bonds is 3. The van der Waals surface area contributed by atoms with Crippen molar-refractivity contribution in [2.75, 3.05) is 5.32 Å². The number of aromatic nitrogens is 4. The van der Waals surface area contributed by atoms with Crippen LogP contribution in [0.2, 0.25) is 0 Å². The monoisotopic (exact) mass is 305 g/mol. The van der Waals surface area contributed by atoms with E-state index in [2.05, 4.69) is 10.4 Å². The smallest absolute Gasteiger partial charge is 0.305 e. The molecular formula is C14H19N5O3. The highest BCUT2D eigenvalue weighted by Crippen LogP contribution is 2.18. The molecule has 0 fully saturated rings. The van der Waals surface area contributed by atoms with Crippen LogP contribution in [-0.2, 0) is 27.6 Å². The van der Waals surface area contributed by atoms with Crippen LogP contribution < -0.4 is 16.6 Å². The van der Waals surface area contributed by atoms with Crippen molar-refractivity contribution >= 4 is 11.7 Å². The van der Waals surface area contributed by atoms with Gasteiger partial charge in [-0.15, -0.1) is 0 Å². The predicted molar refractivity (Wildman–Crippen MR) is 82.2 cm³/mol. The highest BCUT2D eigenvalue weighted by molar-refractivity contribution is 6.02. The molecule has 0 spiro atoms. The fourth-order valence-electron chi connectivity index (χ4n) is 2.32. The zero-order valence-corrected chi connectivity index (χ0v) is 13.3. The van der Waals surface area contributed by atoms with E-state index < -0.39 is 17.2 Å². The summed E-state index contributed by atoms with van der Waals surface area (Å²) in [5, 5.41) is 7.03. The van der Waals surface area contributed by atoms with Crippen molar-refractivity contribution in [3.8, 4) is 0 Å². The molecule has 0 aromatic carbocycles. The van der Waals surface area contributed by atoms with Gasteiger partial charge in [-0.2, -0.15) is 5.10 Å². The van der Waals surface area contributed by atoms with Crippen molar-refractivity contribution < 1.29 is 4.79 Å². The topological polar surface area (TPSA) is 90.9 Å². The summed E-state index contributed by atoms with van der Waals surface area (Å²) in [6.07, 6.45) is 0.750. The average Bonchev–Trinajstić information content (AvgIpc) is 2.76. The second kappa shape index (κ2) is 5.63. The zero-order valence-electron chi connectivity index (χ0n) is 13.3. The van der Waals surface area contributed by atoms with Gasteiger partial charge in [-0.3, -0.25) is 23.4 Å². The number of nitrogens with one attached hydrogen (secondary N) is 1. The van der Waals surface area contributed by atoms with Gasteiger partial charge in [-0.05, 0) is 13.3 Å². The van der Waals surface area contributed by atoms with E-state index in [4.69, 9.17) is 0 Å². The molecule has 0 aliphatic carbocycles. The average molecular weight is 305 g/mol. The first-order valence-corrected chi connectivity index (χ1v) is 6.88. The third-order valence-corrected chi connectivity index (χ3v) is 3.71. The van der Waals surface area contributed by atoms with Gasteiger partial charge in [0.15, 0.2) is 0 Å². The standard InChI is InChI=1S/C14H19N5O3/c1-6-9-8(2)12(19(5)16-9)15-13(21)10-7-11(20)18(4)14(22)17(10)3/h7H,6H2,1-5H3,(H,15,21). The van der Waals surface area contributed by atoms with Crippen molar-refractivity contribution in [2.45, 2.75) is 20.3 Å². The van der Waals surface area contributed by atoms with Crippen LogP contribution in [0, 0.1) is 6.92 Å². The van der Waals surface area contributed by atoms with Gasteiger partial charge in [0.2, 0.25) is 0 Å². The number of hydrogen-bond donors (Lipinski definition) is 1. The highest BCUT2D eigenvalue weighted by Gasteiger charge is 2.18. The minimum atomic E-state index is -0.548. The Labute approximate surface area is 127 Å². The number of anilines is 1. The van der Waals surface area contributed by atoms with Crippen LogP contribution >= 0.6 is 0 Å². The van der Waals surface area contributed by atoms with Gasteiger partial charge in [0.1, 0.15) is 11.5 Å². The van der Waals surface area contributed by atoms with Gasteiger partial charge in [0.25, 0.3) is 11.5 Å². The molecule has 0 saturated heterocycles. The Bertz CT molecular complexity index is 857. The van der Waals surface area contributed by atoms with E-state index in [9.17, 15) is 14.4 Å². The molecule has 1 N–H and O–H groups in total. The molecule has 8 nitrogen and oxygen atoms in total. The molecule has 2 aromatic rings. The Balaban J connectivity index is 2.45. The normalized spacial score (nSPS) is 10.8. The van der Waals surface area contributed by atoms with Crippen LogP contribution in [0.25, 0.3) is 0 Å². The number of aryl methyl sites for hydroxylation is 2. The molecular weight excluding hydrogens is 286 g/mol. The number of hydrogen-bond acceptors (Lipinski definition) is 4. The van der Waals surface area contributed by atoms with Crippen LogP contribution in [0.5, 0.6) is 0 Å². The second-order valence-electron chi connectivity index (χ2n) is 5.12. The molecule has 0 aliphatic rings. The van der Waals surface area contributed by atoms with E-state index in [1.54, 1.807) is 11.7 Å². The van der Waals surface area contributed by atoms with E-state index in [1.807, 2.05) is 13.8 Å². The molecule has 0 bridgehead atoms. The number of amides is 1. The van der Waals surface area contributed by atoms with E-state index in [-0.39, 0.29) is 5.69 Å². The Morgan fingerprint density at radius 3 is 2.41 bits per heavy atom. The van der Waals surface area contributed by atoms with Gasteiger partial charge < -0.3 is 5.32 Å². The fraction of sp³-hybridized carbons (Fsp3) is 0.429. The summed E-state index contributed by atoms with van der Waals surface area (Å²) in [4.78, 5) is 36.0. The molecule has 2 rings (SSSR count). The maximum Gasteiger partial charge on any atom is 0.331 e. The summed E-state index contributed by atoms with van der Waals surface area (Å²) in [5.41, 5.74) is 0.687. The van der Waals surface area contributed by atoms with Crippen LogP contribution in [0.3, 0.4) is 0 Å². The molecule has 1 amide bonds. The lowest BCUT2D eigenvalue weighted by atomic mass is 10.2. The minimum Gasteiger partial charge on any atom is -0.305 e. The van der Waals surface area contributed by atoms with Gasteiger partial charge in [0, 0.05) is 32.8 Å². The van der Waals surface area contributed by atoms with Crippen molar-refractivity contribution in [1.82, 2.24) is 18.9 Å². The van der Waals surface area contributed by atoms with Gasteiger partial charge >= 0.3 is 5.69 Å². The maximum absolute atomic E-state index is 12.4. The lowest BCUT2D eigenvalue weighted by Crippen LogP contribution is -2.40. The van der Waals surface area contributed by atoms with Gasteiger partial charge in [0.05, 0.1) is 5.69 Å². The third kappa shape index (κ3) is 2.47. The van der Waals surface area contributed by atoms with Crippen molar-refractivity contribution in [3.63, 3.8) is 0 Å². The first-order valence-electron chi connectivity index (χ1n) is 6.88. The Kier molecular flexibility index (Phi) is 4.03. The van der Waals surface area contributed by atoms with Crippen molar-refractivity contribution in [3.05, 3.63) is 43.9 Å². The summed E-state index contributed by atoms with van der Waals surface area (Å²) in [6, 6.07) is 1.14. The van der Waals surface area contributed by atoms with Crippen LogP contribution in [-0.4, -0.2) is 24.8 Å². The Hall–Kier alpha value is -2.64. The van der Waals surface area contributed by atoms with E-state index in [1.165, 1.54) is 14.1 Å². The lowest BCUT2D eigenvalue weighted by molar-refractivity contribution is 0.101. The number of carbonyl (C=O) groups is 1. The quantitative estimate of drug-likeness (QED) is 0.860. The van der Waals surface area contributed by atoms with Crippen LogP contribution in [0.1, 0.15) is 28.7 Å². The van der Waals surface area contributed by atoms with Gasteiger partial charge in [-0.25, -0.2) is 4.79 Å². The van der Waals surface area contributed by atoms with Gasteiger partial charge in [-0.1, -0.05) is 6.92 Å². The van der Waals surface area contributed by atoms with Crippen molar-refractivity contribution in [1.29, 1.82) is 0 Å². The molecule has 0 atom stereocenters. The van der Waals surface area contributed by atoms with Crippen LogP contribution in [0.4, 0.5) is 5.82 Å². The third-order valence-electron chi connectivity index (χ3n) is 3.71. The largest absolute Gasteiger partial charge is 0.331 e. The molecule has 118 valence electrons. The molecule has 2 heterocycles. The molecule has 22 heavy (non-hydrogen) atoms. The number of nitrogens with zero attached hydrogens (tertiary/aromatic N) is 4. The second-order valence-corrected chi connectivity index (χ2v) is 5.12. The molecule has 0 radical (unpaired) electrons. The molecule has 8 heteroatoms. The van der Waals surface area contributed by atoms with Crippen LogP contribution in [0.15, 0.2) is 15.7 Å². The lowest BCUT2D eigenvalue weighted by Gasteiger charge is -2.10. The summed E-state index contributed by atoms with van der Waals surface area (Å²) < 4.78 is 3.66. The Morgan fingerprint density at radius 1 is 1.23 bits per heavy atom. The number of carbonyl (C=O) groups excluding carboxylic acids is 1. The SMILES string of the molecule is CCc1nn(C)c(NC(=O)c2cc(=O)n(C)c(=O)n2C)c1C. The molecule has 0 aliphatic heterocycles. The summed E-state index contributed by atoms with van der Waals surface area (Å²) in [7, 11) is 4.54. The molecule has 0 saturated carbocycles. The summed E-state index contributed by atoms with van der Waals surface area (Å²) >= 11 is 0. The fourth-order valence-corrected chi connectivity index (χ4v) is 2.32.